The number of benzene rings is 1. The molecule has 0 atom stereocenters. The van der Waals surface area contributed by atoms with E-state index in [9.17, 15) is 4.79 Å². The summed E-state index contributed by atoms with van der Waals surface area (Å²) in [6, 6.07) is 8.41. The van der Waals surface area contributed by atoms with E-state index < -0.39 is 0 Å². The highest BCUT2D eigenvalue weighted by molar-refractivity contribution is 5.77. The van der Waals surface area contributed by atoms with Crippen LogP contribution in [0.25, 0.3) is 10.9 Å². The van der Waals surface area contributed by atoms with Crippen LogP contribution in [0.1, 0.15) is 19.3 Å². The molecule has 0 amide bonds. The fourth-order valence-electron chi connectivity index (χ4n) is 2.16. The van der Waals surface area contributed by atoms with Crippen LogP contribution in [0.15, 0.2) is 35.3 Å². The minimum Gasteiger partial charge on any atom is -0.314 e. The maximum atomic E-state index is 11.7. The number of para-hydroxylation sites is 1. The Labute approximate surface area is 106 Å². The van der Waals surface area contributed by atoms with Gasteiger partial charge in [-0.2, -0.15) is 5.10 Å². The molecular formula is C14H17N3O. The third kappa shape index (κ3) is 2.43. The van der Waals surface area contributed by atoms with Gasteiger partial charge in [0, 0.05) is 18.0 Å². The van der Waals surface area contributed by atoms with Crippen LogP contribution in [0.4, 0.5) is 0 Å². The molecule has 2 aromatic rings. The second-order valence-electron chi connectivity index (χ2n) is 4.83. The Kier molecular flexibility index (Phi) is 3.11. The summed E-state index contributed by atoms with van der Waals surface area (Å²) < 4.78 is 1.92. The molecule has 1 saturated carbocycles. The summed E-state index contributed by atoms with van der Waals surface area (Å²) in [6.45, 7) is 1.87. The predicted octanol–water partition coefficient (Wildman–Crippen LogP) is 1.54. The van der Waals surface area contributed by atoms with Crippen molar-refractivity contribution >= 4 is 10.9 Å². The lowest BCUT2D eigenvalue weighted by atomic mass is 10.2. The van der Waals surface area contributed by atoms with Gasteiger partial charge >= 0.3 is 0 Å². The molecule has 94 valence electrons. The van der Waals surface area contributed by atoms with Crippen molar-refractivity contribution in [2.45, 2.75) is 31.8 Å². The molecule has 1 N–H and O–H groups in total. The Hall–Kier alpha value is -1.68. The lowest BCUT2D eigenvalue weighted by molar-refractivity contribution is 0.548. The molecule has 0 bridgehead atoms. The number of nitrogens with zero attached hydrogens (tertiary/aromatic N) is 2. The zero-order valence-electron chi connectivity index (χ0n) is 10.3. The molecule has 0 spiro atoms. The van der Waals surface area contributed by atoms with Gasteiger partial charge in [0.05, 0.1) is 11.7 Å². The van der Waals surface area contributed by atoms with Gasteiger partial charge in [0.2, 0.25) is 5.43 Å². The van der Waals surface area contributed by atoms with Gasteiger partial charge in [0.25, 0.3) is 0 Å². The summed E-state index contributed by atoms with van der Waals surface area (Å²) in [7, 11) is 0. The van der Waals surface area contributed by atoms with Crippen molar-refractivity contribution in [3.63, 3.8) is 0 Å². The van der Waals surface area contributed by atoms with E-state index in [4.69, 9.17) is 0 Å². The minimum atomic E-state index is -0.00189. The molecule has 1 aliphatic carbocycles. The molecule has 0 aliphatic heterocycles. The highest BCUT2D eigenvalue weighted by Crippen LogP contribution is 2.18. The van der Waals surface area contributed by atoms with Crippen molar-refractivity contribution in [3.05, 3.63) is 40.7 Å². The van der Waals surface area contributed by atoms with Crippen LogP contribution in [0.2, 0.25) is 0 Å². The first-order chi connectivity index (χ1) is 8.84. The van der Waals surface area contributed by atoms with E-state index in [1.807, 2.05) is 28.9 Å². The fraction of sp³-hybridized carbons (Fsp3) is 0.429. The second kappa shape index (κ2) is 4.90. The maximum Gasteiger partial charge on any atom is 0.207 e. The highest BCUT2D eigenvalue weighted by Gasteiger charge is 2.19. The fourth-order valence-corrected chi connectivity index (χ4v) is 2.16. The monoisotopic (exact) mass is 243 g/mol. The molecule has 4 heteroatoms. The van der Waals surface area contributed by atoms with Gasteiger partial charge in [-0.25, -0.2) is 0 Å². The zero-order valence-corrected chi connectivity index (χ0v) is 10.3. The SMILES string of the molecule is O=c1cnn(CCCNC2CC2)c2ccccc12. The summed E-state index contributed by atoms with van der Waals surface area (Å²) in [5.74, 6) is 0. The van der Waals surface area contributed by atoms with Crippen molar-refractivity contribution in [1.29, 1.82) is 0 Å². The first kappa shape index (κ1) is 11.4. The van der Waals surface area contributed by atoms with Gasteiger partial charge in [-0.15, -0.1) is 0 Å². The highest BCUT2D eigenvalue weighted by atomic mass is 16.1. The van der Waals surface area contributed by atoms with Gasteiger partial charge in [0.15, 0.2) is 0 Å². The molecule has 0 radical (unpaired) electrons. The van der Waals surface area contributed by atoms with E-state index in [-0.39, 0.29) is 5.43 Å². The first-order valence-electron chi connectivity index (χ1n) is 6.53. The summed E-state index contributed by atoms with van der Waals surface area (Å²) in [5.41, 5.74) is 0.925. The molecule has 1 aliphatic rings. The number of hydrogen-bond acceptors (Lipinski definition) is 3. The minimum absolute atomic E-state index is 0.00189. The summed E-state index contributed by atoms with van der Waals surface area (Å²) in [5, 5.41) is 8.45. The van der Waals surface area contributed by atoms with Gasteiger partial charge < -0.3 is 5.32 Å². The average Bonchev–Trinajstić information content (AvgIpc) is 3.21. The van der Waals surface area contributed by atoms with Crippen LogP contribution in [-0.4, -0.2) is 22.4 Å². The third-order valence-corrected chi connectivity index (χ3v) is 3.32. The Balaban J connectivity index is 1.74. The Bertz CT molecular complexity index is 601. The number of aromatic nitrogens is 2. The quantitative estimate of drug-likeness (QED) is 0.810. The normalized spacial score (nSPS) is 15.1. The number of nitrogens with one attached hydrogen (secondary N) is 1. The van der Waals surface area contributed by atoms with Crippen LogP contribution < -0.4 is 10.7 Å². The molecule has 0 unspecified atom stereocenters. The van der Waals surface area contributed by atoms with Crippen molar-refractivity contribution in [2.75, 3.05) is 6.54 Å². The number of hydrogen-bond donors (Lipinski definition) is 1. The lowest BCUT2D eigenvalue weighted by Gasteiger charge is -2.09. The Morgan fingerprint density at radius 2 is 2.17 bits per heavy atom. The predicted molar refractivity (Wildman–Crippen MR) is 71.6 cm³/mol. The van der Waals surface area contributed by atoms with Crippen molar-refractivity contribution in [2.24, 2.45) is 0 Å². The standard InChI is InChI=1S/C14H17N3O/c18-14-10-16-17(9-3-8-15-11-6-7-11)13-5-2-1-4-12(13)14/h1-2,4-5,10-11,15H,3,6-9H2. The first-order valence-corrected chi connectivity index (χ1v) is 6.53. The van der Waals surface area contributed by atoms with Gasteiger partial charge in [-0.1, -0.05) is 12.1 Å². The molecular weight excluding hydrogens is 226 g/mol. The van der Waals surface area contributed by atoms with Crippen LogP contribution in [-0.2, 0) is 6.54 Å². The van der Waals surface area contributed by atoms with Crippen molar-refractivity contribution < 1.29 is 0 Å². The number of fused-ring (bicyclic) bond motifs is 1. The summed E-state index contributed by atoms with van der Waals surface area (Å²) in [4.78, 5) is 11.7. The Morgan fingerprint density at radius 3 is 3.00 bits per heavy atom. The zero-order chi connectivity index (χ0) is 12.4. The number of rotatable bonds is 5. The molecule has 1 aromatic heterocycles. The molecule has 0 saturated heterocycles. The smallest absolute Gasteiger partial charge is 0.207 e. The van der Waals surface area contributed by atoms with Gasteiger partial charge in [-0.3, -0.25) is 9.48 Å². The molecule has 4 nitrogen and oxygen atoms in total. The van der Waals surface area contributed by atoms with E-state index in [2.05, 4.69) is 10.4 Å². The second-order valence-corrected chi connectivity index (χ2v) is 4.83. The van der Waals surface area contributed by atoms with E-state index >= 15 is 0 Å². The van der Waals surface area contributed by atoms with Gasteiger partial charge in [-0.05, 0) is 37.9 Å². The third-order valence-electron chi connectivity index (χ3n) is 3.32. The summed E-state index contributed by atoms with van der Waals surface area (Å²) >= 11 is 0. The average molecular weight is 243 g/mol. The van der Waals surface area contributed by atoms with Crippen LogP contribution in [0.3, 0.4) is 0 Å². The molecule has 3 rings (SSSR count). The lowest BCUT2D eigenvalue weighted by Crippen LogP contribution is -2.20. The van der Waals surface area contributed by atoms with Crippen LogP contribution >= 0.6 is 0 Å². The van der Waals surface area contributed by atoms with E-state index in [0.29, 0.717) is 0 Å². The van der Waals surface area contributed by atoms with E-state index in [0.717, 1.165) is 36.5 Å². The van der Waals surface area contributed by atoms with Gasteiger partial charge in [0.1, 0.15) is 0 Å². The topological polar surface area (TPSA) is 46.9 Å². The number of aryl methyl sites for hydroxylation is 1. The molecule has 1 fully saturated rings. The van der Waals surface area contributed by atoms with E-state index in [1.165, 1.54) is 19.0 Å². The van der Waals surface area contributed by atoms with Crippen molar-refractivity contribution in [1.82, 2.24) is 15.1 Å². The molecule has 1 aromatic carbocycles. The van der Waals surface area contributed by atoms with Crippen LogP contribution in [0, 0.1) is 0 Å². The summed E-state index contributed by atoms with van der Waals surface area (Å²) in [6.07, 6.45) is 5.09. The van der Waals surface area contributed by atoms with Crippen LogP contribution in [0.5, 0.6) is 0 Å². The maximum absolute atomic E-state index is 11.7. The van der Waals surface area contributed by atoms with E-state index in [1.54, 1.807) is 0 Å². The largest absolute Gasteiger partial charge is 0.314 e. The molecule has 1 heterocycles. The van der Waals surface area contributed by atoms with Crippen molar-refractivity contribution in [3.8, 4) is 0 Å². The Morgan fingerprint density at radius 1 is 1.33 bits per heavy atom. The molecule has 18 heavy (non-hydrogen) atoms.